The summed E-state index contributed by atoms with van der Waals surface area (Å²) in [6, 6.07) is 1.41. The van der Waals surface area contributed by atoms with E-state index in [1.807, 2.05) is 0 Å². The van der Waals surface area contributed by atoms with Crippen LogP contribution in [0, 0.1) is 10.1 Å². The average Bonchev–Trinajstić information content (AvgIpc) is 1.99. The Morgan fingerprint density at radius 1 is 1.31 bits per heavy atom. The summed E-state index contributed by atoms with van der Waals surface area (Å²) in [5.41, 5.74) is -0.194. The molecule has 0 unspecified atom stereocenters. The molecule has 0 aromatic heterocycles. The molecule has 7 heteroatoms. The number of halogens is 3. The standard InChI is InChI=1S/C6H2Br3NO3/c7-2-1-3(8)6(11)4(9)5(2)10(12)13/h1,11H. The van der Waals surface area contributed by atoms with Crippen molar-refractivity contribution in [2.24, 2.45) is 0 Å². The van der Waals surface area contributed by atoms with E-state index in [1.165, 1.54) is 6.07 Å². The van der Waals surface area contributed by atoms with Gasteiger partial charge in [-0.3, -0.25) is 10.1 Å². The first-order chi connectivity index (χ1) is 5.95. The number of hydrogen-bond donors (Lipinski definition) is 1. The van der Waals surface area contributed by atoms with Crippen molar-refractivity contribution in [3.8, 4) is 5.75 Å². The number of nitro groups is 1. The predicted octanol–water partition coefficient (Wildman–Crippen LogP) is 3.59. The molecule has 1 aromatic rings. The SMILES string of the molecule is O=[N+]([O-])c1c(Br)cc(Br)c(O)c1Br. The van der Waals surface area contributed by atoms with Gasteiger partial charge < -0.3 is 5.11 Å². The van der Waals surface area contributed by atoms with Crippen LogP contribution in [0.15, 0.2) is 19.5 Å². The molecular formula is C6H2Br3NO3. The normalized spacial score (nSPS) is 10.1. The monoisotopic (exact) mass is 373 g/mol. The Labute approximate surface area is 98.5 Å². The number of aromatic hydroxyl groups is 1. The fraction of sp³-hybridized carbons (Fsp3) is 0. The molecule has 0 heterocycles. The van der Waals surface area contributed by atoms with E-state index in [0.29, 0.717) is 8.95 Å². The van der Waals surface area contributed by atoms with Crippen molar-refractivity contribution < 1.29 is 10.0 Å². The number of phenolic OH excluding ortho intramolecular Hbond substituents is 1. The lowest BCUT2D eigenvalue weighted by Crippen LogP contribution is -1.91. The average molecular weight is 376 g/mol. The van der Waals surface area contributed by atoms with E-state index in [9.17, 15) is 15.2 Å². The van der Waals surface area contributed by atoms with Crippen molar-refractivity contribution >= 4 is 53.5 Å². The van der Waals surface area contributed by atoms with E-state index >= 15 is 0 Å². The molecule has 0 fully saturated rings. The minimum atomic E-state index is -0.583. The first-order valence-corrected chi connectivity index (χ1v) is 5.34. The predicted molar refractivity (Wildman–Crippen MR) is 57.9 cm³/mol. The third-order valence-corrected chi connectivity index (χ3v) is 3.26. The molecule has 13 heavy (non-hydrogen) atoms. The molecule has 1 N–H and O–H groups in total. The van der Waals surface area contributed by atoms with Crippen LogP contribution < -0.4 is 0 Å². The second-order valence-corrected chi connectivity index (χ2v) is 4.61. The molecule has 0 bridgehead atoms. The lowest BCUT2D eigenvalue weighted by molar-refractivity contribution is -0.386. The first kappa shape index (κ1) is 10.9. The molecule has 0 radical (unpaired) electrons. The van der Waals surface area contributed by atoms with Gasteiger partial charge in [-0.2, -0.15) is 0 Å². The third kappa shape index (κ3) is 2.03. The summed E-state index contributed by atoms with van der Waals surface area (Å²) in [4.78, 5) is 9.94. The Balaban J connectivity index is 3.53. The van der Waals surface area contributed by atoms with Crippen molar-refractivity contribution in [2.45, 2.75) is 0 Å². The minimum Gasteiger partial charge on any atom is -0.505 e. The molecular weight excluding hydrogens is 374 g/mol. The number of benzene rings is 1. The lowest BCUT2D eigenvalue weighted by Gasteiger charge is -2.02. The van der Waals surface area contributed by atoms with Crippen LogP contribution in [-0.2, 0) is 0 Å². The molecule has 70 valence electrons. The highest BCUT2D eigenvalue weighted by atomic mass is 79.9. The highest BCUT2D eigenvalue weighted by Gasteiger charge is 2.22. The van der Waals surface area contributed by atoms with Crippen molar-refractivity contribution in [3.63, 3.8) is 0 Å². The number of nitro benzene ring substituents is 1. The Bertz CT molecular complexity index is 380. The fourth-order valence-electron chi connectivity index (χ4n) is 0.737. The summed E-state index contributed by atoms with van der Waals surface area (Å²) in [6.45, 7) is 0. The molecule has 1 rings (SSSR count). The smallest absolute Gasteiger partial charge is 0.301 e. The van der Waals surface area contributed by atoms with Crippen LogP contribution in [0.3, 0.4) is 0 Å². The molecule has 0 aliphatic rings. The number of hydrogen-bond acceptors (Lipinski definition) is 3. The van der Waals surface area contributed by atoms with Gasteiger partial charge in [0.05, 0.1) is 13.9 Å². The van der Waals surface area contributed by atoms with Crippen molar-refractivity contribution in [1.82, 2.24) is 0 Å². The maximum atomic E-state index is 10.5. The Morgan fingerprint density at radius 2 is 1.85 bits per heavy atom. The summed E-state index contributed by atoms with van der Waals surface area (Å²) in [7, 11) is 0. The Kier molecular flexibility index (Phi) is 3.31. The highest BCUT2D eigenvalue weighted by molar-refractivity contribution is 9.11. The molecule has 0 saturated heterocycles. The van der Waals surface area contributed by atoms with Crippen molar-refractivity contribution in [3.05, 3.63) is 29.6 Å². The minimum absolute atomic E-state index is 0.0544. The van der Waals surface area contributed by atoms with Gasteiger partial charge in [-0.1, -0.05) is 0 Å². The zero-order chi connectivity index (χ0) is 10.2. The van der Waals surface area contributed by atoms with Gasteiger partial charge in [-0.25, -0.2) is 0 Å². The maximum Gasteiger partial charge on any atom is 0.301 e. The van der Waals surface area contributed by atoms with Gasteiger partial charge in [0.15, 0.2) is 5.75 Å². The lowest BCUT2D eigenvalue weighted by atomic mass is 10.3. The van der Waals surface area contributed by atoms with Gasteiger partial charge in [0, 0.05) is 0 Å². The molecule has 0 amide bonds. The van der Waals surface area contributed by atoms with Crippen molar-refractivity contribution in [2.75, 3.05) is 0 Å². The summed E-state index contributed by atoms with van der Waals surface area (Å²) in [5, 5.41) is 19.9. The molecule has 0 spiro atoms. The quantitative estimate of drug-likeness (QED) is 0.602. The van der Waals surface area contributed by atoms with Gasteiger partial charge in [0.25, 0.3) is 0 Å². The fourth-order valence-corrected chi connectivity index (χ4v) is 3.15. The van der Waals surface area contributed by atoms with Crippen LogP contribution in [0.4, 0.5) is 5.69 Å². The number of nitrogens with zero attached hydrogens (tertiary/aromatic N) is 1. The summed E-state index contributed by atoms with van der Waals surface area (Å²) < 4.78 is 0.740. The van der Waals surface area contributed by atoms with Gasteiger partial charge in [0.1, 0.15) is 4.47 Å². The van der Waals surface area contributed by atoms with Gasteiger partial charge >= 0.3 is 5.69 Å². The van der Waals surface area contributed by atoms with E-state index in [0.717, 1.165) is 0 Å². The largest absolute Gasteiger partial charge is 0.505 e. The van der Waals surface area contributed by atoms with Crippen molar-refractivity contribution in [1.29, 1.82) is 0 Å². The first-order valence-electron chi connectivity index (χ1n) is 2.96. The van der Waals surface area contributed by atoms with Crippen LogP contribution in [0.1, 0.15) is 0 Å². The number of phenols is 1. The molecule has 0 atom stereocenters. The second-order valence-electron chi connectivity index (χ2n) is 2.11. The Morgan fingerprint density at radius 3 is 2.31 bits per heavy atom. The Hall–Kier alpha value is -0.140. The maximum absolute atomic E-state index is 10.5. The molecule has 4 nitrogen and oxygen atoms in total. The van der Waals surface area contributed by atoms with E-state index in [4.69, 9.17) is 0 Å². The van der Waals surface area contributed by atoms with Crippen LogP contribution in [0.5, 0.6) is 5.75 Å². The van der Waals surface area contributed by atoms with Gasteiger partial charge in [-0.05, 0) is 53.9 Å². The van der Waals surface area contributed by atoms with E-state index in [1.54, 1.807) is 0 Å². The van der Waals surface area contributed by atoms with Gasteiger partial charge in [0.2, 0.25) is 0 Å². The zero-order valence-corrected chi connectivity index (χ0v) is 10.7. The van der Waals surface area contributed by atoms with E-state index in [-0.39, 0.29) is 15.9 Å². The van der Waals surface area contributed by atoms with E-state index in [2.05, 4.69) is 47.8 Å². The van der Waals surface area contributed by atoms with Crippen LogP contribution in [0.25, 0.3) is 0 Å². The second kappa shape index (κ2) is 3.93. The van der Waals surface area contributed by atoms with Crippen LogP contribution in [-0.4, -0.2) is 10.0 Å². The van der Waals surface area contributed by atoms with Crippen LogP contribution in [0.2, 0.25) is 0 Å². The third-order valence-electron chi connectivity index (χ3n) is 1.30. The molecule has 0 aliphatic heterocycles. The highest BCUT2D eigenvalue weighted by Crippen LogP contribution is 2.43. The molecule has 0 saturated carbocycles. The summed E-state index contributed by atoms with van der Waals surface area (Å²) >= 11 is 9.00. The molecule has 1 aromatic carbocycles. The topological polar surface area (TPSA) is 63.4 Å². The van der Waals surface area contributed by atoms with Crippen LogP contribution >= 0.6 is 47.8 Å². The molecule has 0 aliphatic carbocycles. The zero-order valence-electron chi connectivity index (χ0n) is 5.92. The van der Waals surface area contributed by atoms with Gasteiger partial charge in [-0.15, -0.1) is 0 Å². The summed E-state index contributed by atoms with van der Waals surface area (Å²) in [6.07, 6.45) is 0. The summed E-state index contributed by atoms with van der Waals surface area (Å²) in [5.74, 6) is -0.185. The van der Waals surface area contributed by atoms with E-state index < -0.39 is 4.92 Å². The number of rotatable bonds is 1.